The lowest BCUT2D eigenvalue weighted by Gasteiger charge is -2.16. The second-order valence-electron chi connectivity index (χ2n) is 5.20. The lowest BCUT2D eigenvalue weighted by atomic mass is 10.00. The molecule has 2 aromatic carbocycles. The van der Waals surface area contributed by atoms with E-state index in [9.17, 15) is 4.79 Å². The number of ketones is 1. The highest BCUT2D eigenvalue weighted by atomic mass is 16.6. The Bertz CT molecular complexity index is 576. The van der Waals surface area contributed by atoms with Gasteiger partial charge < -0.3 is 9.47 Å². The van der Waals surface area contributed by atoms with Gasteiger partial charge in [-0.25, -0.2) is 0 Å². The molecule has 1 aliphatic heterocycles. The highest BCUT2D eigenvalue weighted by Gasteiger charge is 2.27. The Kier molecular flexibility index (Phi) is 4.43. The fraction of sp³-hybridized carbons (Fsp3) is 0.278. The molecule has 1 heterocycles. The maximum Gasteiger partial charge on any atom is 0.191 e. The SMILES string of the molecule is O=C(c1ccccc1)[C@@H](Cc1ccccc1)OC[C@H]1CO1. The van der Waals surface area contributed by atoms with Crippen molar-refractivity contribution in [3.63, 3.8) is 0 Å². The Balaban J connectivity index is 1.72. The summed E-state index contributed by atoms with van der Waals surface area (Å²) in [6.45, 7) is 1.22. The summed E-state index contributed by atoms with van der Waals surface area (Å²) < 4.78 is 11.0. The van der Waals surface area contributed by atoms with Crippen molar-refractivity contribution in [2.75, 3.05) is 13.2 Å². The van der Waals surface area contributed by atoms with Gasteiger partial charge in [-0.05, 0) is 5.56 Å². The van der Waals surface area contributed by atoms with E-state index in [0.717, 1.165) is 12.2 Å². The van der Waals surface area contributed by atoms with Gasteiger partial charge in [-0.3, -0.25) is 4.79 Å². The summed E-state index contributed by atoms with van der Waals surface area (Å²) in [5.74, 6) is 0.0279. The summed E-state index contributed by atoms with van der Waals surface area (Å²) in [4.78, 5) is 12.6. The van der Waals surface area contributed by atoms with Gasteiger partial charge in [0.05, 0.1) is 13.2 Å². The number of hydrogen-bond donors (Lipinski definition) is 0. The molecule has 0 saturated carbocycles. The van der Waals surface area contributed by atoms with Gasteiger partial charge in [-0.1, -0.05) is 60.7 Å². The second-order valence-corrected chi connectivity index (χ2v) is 5.20. The van der Waals surface area contributed by atoms with Crippen molar-refractivity contribution in [1.29, 1.82) is 0 Å². The molecule has 3 nitrogen and oxygen atoms in total. The third-order valence-corrected chi connectivity index (χ3v) is 3.50. The Labute approximate surface area is 124 Å². The highest BCUT2D eigenvalue weighted by Crippen LogP contribution is 2.16. The first kappa shape index (κ1) is 14.0. The first-order valence-corrected chi connectivity index (χ1v) is 7.19. The van der Waals surface area contributed by atoms with E-state index in [1.54, 1.807) is 0 Å². The van der Waals surface area contributed by atoms with Crippen LogP contribution in [0, 0.1) is 0 Å². The number of carbonyl (C=O) groups is 1. The van der Waals surface area contributed by atoms with Crippen molar-refractivity contribution >= 4 is 5.78 Å². The minimum atomic E-state index is -0.459. The predicted molar refractivity (Wildman–Crippen MR) is 80.4 cm³/mol. The average Bonchev–Trinajstić information content (AvgIpc) is 3.37. The number of ether oxygens (including phenoxy) is 2. The van der Waals surface area contributed by atoms with Crippen LogP contribution < -0.4 is 0 Å². The van der Waals surface area contributed by atoms with Crippen molar-refractivity contribution in [2.45, 2.75) is 18.6 Å². The fourth-order valence-electron chi connectivity index (χ4n) is 2.23. The normalized spacial score (nSPS) is 18.2. The molecule has 0 spiro atoms. The van der Waals surface area contributed by atoms with E-state index >= 15 is 0 Å². The number of epoxide rings is 1. The smallest absolute Gasteiger partial charge is 0.191 e. The molecule has 1 fully saturated rings. The Morgan fingerprint density at radius 3 is 2.33 bits per heavy atom. The summed E-state index contributed by atoms with van der Waals surface area (Å²) in [6.07, 6.45) is 0.284. The molecule has 3 rings (SSSR count). The van der Waals surface area contributed by atoms with Crippen LogP contribution in [0.25, 0.3) is 0 Å². The quantitative estimate of drug-likeness (QED) is 0.579. The van der Waals surface area contributed by atoms with Gasteiger partial charge in [0.2, 0.25) is 0 Å². The molecule has 2 atom stereocenters. The van der Waals surface area contributed by atoms with Crippen LogP contribution in [-0.2, 0) is 15.9 Å². The molecule has 2 aromatic rings. The van der Waals surface area contributed by atoms with Crippen LogP contribution >= 0.6 is 0 Å². The van der Waals surface area contributed by atoms with E-state index < -0.39 is 6.10 Å². The molecule has 0 amide bonds. The van der Waals surface area contributed by atoms with Crippen LogP contribution in [0.5, 0.6) is 0 Å². The van der Waals surface area contributed by atoms with Crippen molar-refractivity contribution in [1.82, 2.24) is 0 Å². The van der Waals surface area contributed by atoms with Gasteiger partial charge in [-0.15, -0.1) is 0 Å². The Hall–Kier alpha value is -1.97. The van der Waals surface area contributed by atoms with E-state index in [0.29, 0.717) is 18.6 Å². The van der Waals surface area contributed by atoms with Crippen molar-refractivity contribution in [3.8, 4) is 0 Å². The third-order valence-electron chi connectivity index (χ3n) is 3.50. The van der Waals surface area contributed by atoms with Crippen LogP contribution in [0.3, 0.4) is 0 Å². The van der Waals surface area contributed by atoms with Crippen molar-refractivity contribution in [3.05, 3.63) is 71.8 Å². The van der Waals surface area contributed by atoms with Crippen LogP contribution in [0.2, 0.25) is 0 Å². The van der Waals surface area contributed by atoms with Gasteiger partial charge in [0.25, 0.3) is 0 Å². The molecule has 0 radical (unpaired) electrons. The molecule has 0 bridgehead atoms. The van der Waals surface area contributed by atoms with Gasteiger partial charge in [-0.2, -0.15) is 0 Å². The standard InChI is InChI=1S/C18H18O3/c19-18(15-9-5-2-6-10-15)17(21-13-16-12-20-16)11-14-7-3-1-4-8-14/h1-10,16-17H,11-13H2/t16-,17-/m1/s1. The van der Waals surface area contributed by atoms with E-state index in [4.69, 9.17) is 9.47 Å². The van der Waals surface area contributed by atoms with Crippen molar-refractivity contribution in [2.24, 2.45) is 0 Å². The van der Waals surface area contributed by atoms with Gasteiger partial charge >= 0.3 is 0 Å². The van der Waals surface area contributed by atoms with E-state index in [1.807, 2.05) is 60.7 Å². The molecule has 1 saturated heterocycles. The molecule has 108 valence electrons. The minimum absolute atomic E-state index is 0.0279. The van der Waals surface area contributed by atoms with E-state index in [1.165, 1.54) is 0 Å². The van der Waals surface area contributed by atoms with Crippen LogP contribution in [0.1, 0.15) is 15.9 Å². The van der Waals surface area contributed by atoms with Gasteiger partial charge in [0.15, 0.2) is 5.78 Å². The second kappa shape index (κ2) is 6.66. The molecular weight excluding hydrogens is 264 g/mol. The zero-order chi connectivity index (χ0) is 14.5. The summed E-state index contributed by atoms with van der Waals surface area (Å²) in [7, 11) is 0. The van der Waals surface area contributed by atoms with E-state index in [2.05, 4.69) is 0 Å². The Morgan fingerprint density at radius 1 is 1.10 bits per heavy atom. The maximum absolute atomic E-state index is 12.6. The first-order chi connectivity index (χ1) is 10.3. The minimum Gasteiger partial charge on any atom is -0.371 e. The van der Waals surface area contributed by atoms with Crippen LogP contribution in [0.15, 0.2) is 60.7 Å². The molecule has 0 aromatic heterocycles. The molecule has 3 heteroatoms. The highest BCUT2D eigenvalue weighted by molar-refractivity contribution is 5.99. The summed E-state index contributed by atoms with van der Waals surface area (Å²) in [5.41, 5.74) is 1.79. The molecule has 0 aliphatic carbocycles. The van der Waals surface area contributed by atoms with Gasteiger partial charge in [0.1, 0.15) is 12.2 Å². The number of benzene rings is 2. The monoisotopic (exact) mass is 282 g/mol. The molecule has 0 N–H and O–H groups in total. The number of Topliss-reactive ketones (excluding diaryl/α,β-unsaturated/α-hetero) is 1. The fourth-order valence-corrected chi connectivity index (χ4v) is 2.23. The number of rotatable bonds is 7. The summed E-state index contributed by atoms with van der Waals surface area (Å²) in [6, 6.07) is 19.3. The third kappa shape index (κ3) is 4.00. The Morgan fingerprint density at radius 2 is 1.71 bits per heavy atom. The zero-order valence-electron chi connectivity index (χ0n) is 11.8. The summed E-state index contributed by atoms with van der Waals surface area (Å²) >= 11 is 0. The van der Waals surface area contributed by atoms with Gasteiger partial charge in [0, 0.05) is 12.0 Å². The number of hydrogen-bond acceptors (Lipinski definition) is 3. The average molecular weight is 282 g/mol. The molecule has 21 heavy (non-hydrogen) atoms. The first-order valence-electron chi connectivity index (χ1n) is 7.19. The van der Waals surface area contributed by atoms with E-state index in [-0.39, 0.29) is 11.9 Å². The number of carbonyl (C=O) groups excluding carboxylic acids is 1. The molecular formula is C18H18O3. The topological polar surface area (TPSA) is 38.8 Å². The van der Waals surface area contributed by atoms with Crippen LogP contribution in [0.4, 0.5) is 0 Å². The summed E-state index contributed by atoms with van der Waals surface area (Å²) in [5, 5.41) is 0. The predicted octanol–water partition coefficient (Wildman–Crippen LogP) is 2.90. The zero-order valence-corrected chi connectivity index (χ0v) is 11.8. The van der Waals surface area contributed by atoms with Crippen LogP contribution in [-0.4, -0.2) is 31.2 Å². The molecule has 0 unspecified atom stereocenters. The lowest BCUT2D eigenvalue weighted by molar-refractivity contribution is 0.0356. The lowest BCUT2D eigenvalue weighted by Crippen LogP contribution is -2.28. The largest absolute Gasteiger partial charge is 0.371 e. The van der Waals surface area contributed by atoms with Crippen molar-refractivity contribution < 1.29 is 14.3 Å². The maximum atomic E-state index is 12.6. The molecule has 1 aliphatic rings.